The summed E-state index contributed by atoms with van der Waals surface area (Å²) in [6.07, 6.45) is -0.718. The lowest BCUT2D eigenvalue weighted by Gasteiger charge is -2.19. The van der Waals surface area contributed by atoms with Crippen LogP contribution in [0.15, 0.2) is 48.5 Å². The van der Waals surface area contributed by atoms with Gasteiger partial charge in [-0.15, -0.1) is 0 Å². The normalized spacial score (nSPS) is 11.8. The molecule has 0 radical (unpaired) electrons. The number of nitrogens with one attached hydrogen (secondary N) is 2. The molecule has 2 N–H and O–H groups in total. The first-order chi connectivity index (χ1) is 13.4. The van der Waals surface area contributed by atoms with Crippen molar-refractivity contribution >= 4 is 17.5 Å². The number of rotatable bonds is 9. The third kappa shape index (κ3) is 5.82. The van der Waals surface area contributed by atoms with Crippen LogP contribution in [0.1, 0.15) is 42.6 Å². The lowest BCUT2D eigenvalue weighted by Crippen LogP contribution is -2.32. The number of carbonyl (C=O) groups is 2. The standard InChI is InChI=1S/C22H28N2O4/c1-15(2)17-9-6-8-12-20(17)28-16(3)21(25)24-19-11-7-5-10-18(19)22(26)23-13-14-27-4/h5-12,15-16H,13-14H2,1-4H3,(H,23,26)(H,24,25)/t16-/m0/s1. The molecule has 0 saturated heterocycles. The van der Waals surface area contributed by atoms with Crippen molar-refractivity contribution in [1.29, 1.82) is 0 Å². The van der Waals surface area contributed by atoms with Crippen LogP contribution in [0.5, 0.6) is 5.75 Å². The first-order valence-electron chi connectivity index (χ1n) is 9.36. The van der Waals surface area contributed by atoms with Crippen LogP contribution in [-0.2, 0) is 9.53 Å². The molecule has 0 heterocycles. The van der Waals surface area contributed by atoms with Gasteiger partial charge in [-0.05, 0) is 36.6 Å². The van der Waals surface area contributed by atoms with Crippen LogP contribution in [0, 0.1) is 0 Å². The van der Waals surface area contributed by atoms with Gasteiger partial charge in [0, 0.05) is 13.7 Å². The SMILES string of the molecule is COCCNC(=O)c1ccccc1NC(=O)[C@H](C)Oc1ccccc1C(C)C. The van der Waals surface area contributed by atoms with Crippen LogP contribution in [0.25, 0.3) is 0 Å². The number of para-hydroxylation sites is 2. The lowest BCUT2D eigenvalue weighted by molar-refractivity contribution is -0.122. The first kappa shape index (κ1) is 21.4. The Morgan fingerprint density at radius 1 is 1.00 bits per heavy atom. The maximum atomic E-state index is 12.6. The fraction of sp³-hybridized carbons (Fsp3) is 0.364. The predicted molar refractivity (Wildman–Crippen MR) is 110 cm³/mol. The first-order valence-corrected chi connectivity index (χ1v) is 9.36. The van der Waals surface area contributed by atoms with E-state index in [4.69, 9.17) is 9.47 Å². The van der Waals surface area contributed by atoms with E-state index in [0.717, 1.165) is 5.56 Å². The van der Waals surface area contributed by atoms with Gasteiger partial charge >= 0.3 is 0 Å². The number of ether oxygens (including phenoxy) is 2. The monoisotopic (exact) mass is 384 g/mol. The van der Waals surface area contributed by atoms with E-state index < -0.39 is 6.10 Å². The summed E-state index contributed by atoms with van der Waals surface area (Å²) in [5.41, 5.74) is 1.87. The second-order valence-corrected chi connectivity index (χ2v) is 6.74. The minimum Gasteiger partial charge on any atom is -0.481 e. The maximum Gasteiger partial charge on any atom is 0.265 e. The summed E-state index contributed by atoms with van der Waals surface area (Å²) in [7, 11) is 1.57. The van der Waals surface area contributed by atoms with Gasteiger partial charge in [-0.1, -0.05) is 44.2 Å². The highest BCUT2D eigenvalue weighted by molar-refractivity contribution is 6.04. The van der Waals surface area contributed by atoms with E-state index in [1.54, 1.807) is 38.3 Å². The summed E-state index contributed by atoms with van der Waals surface area (Å²) in [6, 6.07) is 14.5. The van der Waals surface area contributed by atoms with Crippen molar-refractivity contribution < 1.29 is 19.1 Å². The Hall–Kier alpha value is -2.86. The third-order valence-electron chi connectivity index (χ3n) is 4.24. The minimum absolute atomic E-state index is 0.272. The number of anilines is 1. The van der Waals surface area contributed by atoms with E-state index in [2.05, 4.69) is 24.5 Å². The van der Waals surface area contributed by atoms with Crippen molar-refractivity contribution in [3.8, 4) is 5.75 Å². The minimum atomic E-state index is -0.718. The number of hydrogen-bond donors (Lipinski definition) is 2. The number of hydrogen-bond acceptors (Lipinski definition) is 4. The average Bonchev–Trinajstić information content (AvgIpc) is 2.68. The quantitative estimate of drug-likeness (QED) is 0.648. The maximum absolute atomic E-state index is 12.6. The van der Waals surface area contributed by atoms with Gasteiger partial charge in [-0.25, -0.2) is 0 Å². The molecule has 2 aromatic carbocycles. The van der Waals surface area contributed by atoms with Crippen LogP contribution in [0.4, 0.5) is 5.69 Å². The Morgan fingerprint density at radius 3 is 2.39 bits per heavy atom. The summed E-state index contributed by atoms with van der Waals surface area (Å²) >= 11 is 0. The highest BCUT2D eigenvalue weighted by Gasteiger charge is 2.19. The van der Waals surface area contributed by atoms with Gasteiger partial charge in [-0.3, -0.25) is 9.59 Å². The summed E-state index contributed by atoms with van der Waals surface area (Å²) < 4.78 is 10.8. The van der Waals surface area contributed by atoms with E-state index >= 15 is 0 Å². The molecule has 0 fully saturated rings. The van der Waals surface area contributed by atoms with Crippen molar-refractivity contribution in [2.45, 2.75) is 32.8 Å². The summed E-state index contributed by atoms with van der Waals surface area (Å²) in [5, 5.41) is 5.55. The van der Waals surface area contributed by atoms with Crippen LogP contribution >= 0.6 is 0 Å². The smallest absolute Gasteiger partial charge is 0.265 e. The summed E-state index contributed by atoms with van der Waals surface area (Å²) in [5.74, 6) is 0.371. The molecule has 0 spiro atoms. The zero-order valence-electron chi connectivity index (χ0n) is 16.8. The molecule has 6 heteroatoms. The third-order valence-corrected chi connectivity index (χ3v) is 4.24. The van der Waals surface area contributed by atoms with Crippen LogP contribution in [0.2, 0.25) is 0 Å². The van der Waals surface area contributed by atoms with Crippen molar-refractivity contribution in [2.24, 2.45) is 0 Å². The van der Waals surface area contributed by atoms with Crippen LogP contribution in [0.3, 0.4) is 0 Å². The Balaban J connectivity index is 2.08. The Kier molecular flexibility index (Phi) is 8.02. The molecule has 0 unspecified atom stereocenters. The van der Waals surface area contributed by atoms with Gasteiger partial charge in [0.15, 0.2) is 6.10 Å². The van der Waals surface area contributed by atoms with Gasteiger partial charge in [-0.2, -0.15) is 0 Å². The van der Waals surface area contributed by atoms with Gasteiger partial charge in [0.2, 0.25) is 0 Å². The van der Waals surface area contributed by atoms with Crippen molar-refractivity contribution in [2.75, 3.05) is 25.6 Å². The molecule has 28 heavy (non-hydrogen) atoms. The molecule has 0 bridgehead atoms. The number of methoxy groups -OCH3 is 1. The fourth-order valence-electron chi connectivity index (χ4n) is 2.70. The zero-order chi connectivity index (χ0) is 20.5. The topological polar surface area (TPSA) is 76.7 Å². The summed E-state index contributed by atoms with van der Waals surface area (Å²) in [6.45, 7) is 6.65. The second-order valence-electron chi connectivity index (χ2n) is 6.74. The molecular weight excluding hydrogens is 356 g/mol. The average molecular weight is 384 g/mol. The molecular formula is C22H28N2O4. The van der Waals surface area contributed by atoms with Crippen molar-refractivity contribution in [1.82, 2.24) is 5.32 Å². The van der Waals surface area contributed by atoms with Gasteiger partial charge in [0.25, 0.3) is 11.8 Å². The van der Waals surface area contributed by atoms with E-state index in [-0.39, 0.29) is 17.7 Å². The van der Waals surface area contributed by atoms with Crippen LogP contribution in [-0.4, -0.2) is 38.2 Å². The Bertz CT molecular complexity index is 805. The Labute approximate surface area is 166 Å². The molecule has 150 valence electrons. The molecule has 2 aromatic rings. The molecule has 6 nitrogen and oxygen atoms in total. The van der Waals surface area contributed by atoms with Crippen molar-refractivity contribution in [3.05, 3.63) is 59.7 Å². The number of benzene rings is 2. The lowest BCUT2D eigenvalue weighted by atomic mass is 10.0. The van der Waals surface area contributed by atoms with Gasteiger partial charge < -0.3 is 20.1 Å². The predicted octanol–water partition coefficient (Wildman–Crippen LogP) is 3.59. The van der Waals surface area contributed by atoms with Gasteiger partial charge in [0.05, 0.1) is 17.9 Å². The van der Waals surface area contributed by atoms with E-state index in [1.807, 2.05) is 24.3 Å². The van der Waals surface area contributed by atoms with Crippen LogP contribution < -0.4 is 15.4 Å². The Morgan fingerprint density at radius 2 is 1.68 bits per heavy atom. The largest absolute Gasteiger partial charge is 0.481 e. The highest BCUT2D eigenvalue weighted by atomic mass is 16.5. The highest BCUT2D eigenvalue weighted by Crippen LogP contribution is 2.27. The molecule has 0 aromatic heterocycles. The molecule has 2 rings (SSSR count). The van der Waals surface area contributed by atoms with E-state index in [1.165, 1.54) is 0 Å². The molecule has 0 saturated carbocycles. The fourth-order valence-corrected chi connectivity index (χ4v) is 2.70. The van der Waals surface area contributed by atoms with Crippen molar-refractivity contribution in [3.63, 3.8) is 0 Å². The van der Waals surface area contributed by atoms with E-state index in [9.17, 15) is 9.59 Å². The van der Waals surface area contributed by atoms with E-state index in [0.29, 0.717) is 30.2 Å². The zero-order valence-corrected chi connectivity index (χ0v) is 16.8. The molecule has 1 atom stereocenters. The second kappa shape index (κ2) is 10.5. The molecule has 2 amide bonds. The summed E-state index contributed by atoms with van der Waals surface area (Å²) in [4.78, 5) is 25.0. The molecule has 0 aliphatic heterocycles. The number of amides is 2. The molecule has 0 aliphatic carbocycles. The number of carbonyl (C=O) groups excluding carboxylic acids is 2. The van der Waals surface area contributed by atoms with Gasteiger partial charge in [0.1, 0.15) is 5.75 Å². The molecule has 0 aliphatic rings.